The van der Waals surface area contributed by atoms with Crippen LogP contribution >= 0.6 is 15.9 Å². The van der Waals surface area contributed by atoms with Crippen LogP contribution in [0.5, 0.6) is 0 Å². The summed E-state index contributed by atoms with van der Waals surface area (Å²) in [5, 5.41) is 10.4. The van der Waals surface area contributed by atoms with E-state index >= 15 is 0 Å². The van der Waals surface area contributed by atoms with Crippen LogP contribution in [0.3, 0.4) is 0 Å². The number of halogens is 1. The molecular weight excluding hydrogens is 342 g/mol. The van der Waals surface area contributed by atoms with E-state index in [0.717, 1.165) is 4.47 Å². The van der Waals surface area contributed by atoms with E-state index in [9.17, 15) is 4.79 Å². The minimum absolute atomic E-state index is 0.0947. The van der Waals surface area contributed by atoms with E-state index in [0.29, 0.717) is 18.1 Å². The molecule has 3 aromatic rings. The molecule has 3 aromatic heterocycles. The predicted molar refractivity (Wildman–Crippen MR) is 73.2 cm³/mol. The molecule has 0 aliphatic heterocycles. The average molecular weight is 352 g/mol. The second-order valence-electron chi connectivity index (χ2n) is 4.13. The van der Waals surface area contributed by atoms with Crippen LogP contribution < -0.4 is 5.32 Å². The second kappa shape index (κ2) is 5.92. The zero-order valence-electron chi connectivity index (χ0n) is 10.7. The number of rotatable bonds is 5. The molecule has 1 N–H and O–H groups in total. The third-order valence-electron chi connectivity index (χ3n) is 2.57. The van der Waals surface area contributed by atoms with Gasteiger partial charge in [0.25, 0.3) is 0 Å². The van der Waals surface area contributed by atoms with Gasteiger partial charge in [-0.1, -0.05) is 5.16 Å². The lowest BCUT2D eigenvalue weighted by atomic mass is 10.4. The summed E-state index contributed by atoms with van der Waals surface area (Å²) < 4.78 is 12.5. The number of furan rings is 1. The third kappa shape index (κ3) is 3.37. The van der Waals surface area contributed by atoms with E-state index in [1.807, 2.05) is 0 Å². The first-order valence-corrected chi connectivity index (χ1v) is 6.81. The zero-order chi connectivity index (χ0) is 14.7. The lowest BCUT2D eigenvalue weighted by molar-refractivity contribution is 0.0904. The molecule has 0 radical (unpaired) electrons. The number of hydrogen-bond acceptors (Lipinski definition) is 6. The first-order valence-electron chi connectivity index (χ1n) is 6.02. The standard InChI is InChI=1S/C12H10BrN5O3/c13-8-4-15-18(6-8)7-10-16-12(21-17-10)11(19)14-5-9-2-1-3-20-9/h1-4,6H,5,7H2,(H,14,19). The number of nitrogens with zero attached hydrogens (tertiary/aromatic N) is 4. The first kappa shape index (κ1) is 13.6. The van der Waals surface area contributed by atoms with Gasteiger partial charge in [-0.15, -0.1) is 0 Å². The summed E-state index contributed by atoms with van der Waals surface area (Å²) in [4.78, 5) is 15.8. The van der Waals surface area contributed by atoms with Crippen LogP contribution in [-0.4, -0.2) is 25.8 Å². The van der Waals surface area contributed by atoms with Crippen molar-refractivity contribution in [3.8, 4) is 0 Å². The number of carbonyl (C=O) groups is 1. The Bertz CT molecular complexity index is 734. The highest BCUT2D eigenvalue weighted by Gasteiger charge is 2.15. The molecule has 0 saturated carbocycles. The van der Waals surface area contributed by atoms with Crippen molar-refractivity contribution in [2.24, 2.45) is 0 Å². The van der Waals surface area contributed by atoms with Crippen molar-refractivity contribution in [3.05, 3.63) is 52.7 Å². The Labute approximate surface area is 127 Å². The Morgan fingerprint density at radius 2 is 2.38 bits per heavy atom. The first-order chi connectivity index (χ1) is 10.2. The third-order valence-corrected chi connectivity index (χ3v) is 2.98. The molecule has 108 valence electrons. The number of aromatic nitrogens is 4. The summed E-state index contributed by atoms with van der Waals surface area (Å²) in [5.74, 6) is 0.466. The minimum atomic E-state index is -0.452. The fourth-order valence-corrected chi connectivity index (χ4v) is 1.96. The maximum Gasteiger partial charge on any atom is 0.316 e. The smallest absolute Gasteiger partial charge is 0.316 e. The van der Waals surface area contributed by atoms with Crippen molar-refractivity contribution in [3.63, 3.8) is 0 Å². The average Bonchev–Trinajstić information content (AvgIpc) is 3.19. The van der Waals surface area contributed by atoms with Gasteiger partial charge in [-0.25, -0.2) is 0 Å². The lowest BCUT2D eigenvalue weighted by Crippen LogP contribution is -2.22. The van der Waals surface area contributed by atoms with Crippen LogP contribution in [0.15, 0.2) is 44.2 Å². The number of hydrogen-bond donors (Lipinski definition) is 1. The van der Waals surface area contributed by atoms with Crippen LogP contribution in [0.4, 0.5) is 0 Å². The van der Waals surface area contributed by atoms with Gasteiger partial charge in [0.05, 0.1) is 23.5 Å². The molecule has 3 rings (SSSR count). The molecule has 0 aliphatic carbocycles. The molecule has 0 fully saturated rings. The molecule has 8 nitrogen and oxygen atoms in total. The molecule has 0 unspecified atom stereocenters. The lowest BCUT2D eigenvalue weighted by Gasteiger charge is -1.97. The molecule has 0 aliphatic rings. The van der Waals surface area contributed by atoms with Crippen LogP contribution in [0, 0.1) is 0 Å². The van der Waals surface area contributed by atoms with Gasteiger partial charge in [-0.3, -0.25) is 9.48 Å². The number of carbonyl (C=O) groups excluding carboxylic acids is 1. The van der Waals surface area contributed by atoms with Crippen molar-refractivity contribution in [2.45, 2.75) is 13.1 Å². The van der Waals surface area contributed by atoms with E-state index in [2.05, 4.69) is 36.5 Å². The van der Waals surface area contributed by atoms with E-state index in [1.165, 1.54) is 6.26 Å². The van der Waals surface area contributed by atoms with Crippen molar-refractivity contribution in [1.82, 2.24) is 25.2 Å². The van der Waals surface area contributed by atoms with E-state index < -0.39 is 5.91 Å². The summed E-state index contributed by atoms with van der Waals surface area (Å²) >= 11 is 3.29. The zero-order valence-corrected chi connectivity index (χ0v) is 12.3. The molecule has 9 heteroatoms. The van der Waals surface area contributed by atoms with Crippen molar-refractivity contribution < 1.29 is 13.7 Å². The van der Waals surface area contributed by atoms with Crippen LogP contribution in [0.2, 0.25) is 0 Å². The Balaban J connectivity index is 1.60. The molecule has 0 saturated heterocycles. The monoisotopic (exact) mass is 351 g/mol. The molecule has 1 amide bonds. The van der Waals surface area contributed by atoms with Gasteiger partial charge >= 0.3 is 11.8 Å². The molecule has 21 heavy (non-hydrogen) atoms. The SMILES string of the molecule is O=C(NCc1ccco1)c1nc(Cn2cc(Br)cn2)no1. The largest absolute Gasteiger partial charge is 0.467 e. The Kier molecular flexibility index (Phi) is 3.82. The van der Waals surface area contributed by atoms with Crippen LogP contribution in [0.1, 0.15) is 22.3 Å². The molecule has 0 aromatic carbocycles. The van der Waals surface area contributed by atoms with Gasteiger partial charge in [0, 0.05) is 6.20 Å². The molecule has 0 spiro atoms. The van der Waals surface area contributed by atoms with E-state index in [1.54, 1.807) is 29.2 Å². The van der Waals surface area contributed by atoms with E-state index in [4.69, 9.17) is 8.94 Å². The Hall–Kier alpha value is -2.42. The summed E-state index contributed by atoms with van der Waals surface area (Å²) in [6.45, 7) is 0.580. The normalized spacial score (nSPS) is 10.7. The molecule has 0 atom stereocenters. The second-order valence-corrected chi connectivity index (χ2v) is 5.05. The highest BCUT2D eigenvalue weighted by atomic mass is 79.9. The Morgan fingerprint density at radius 3 is 3.10 bits per heavy atom. The minimum Gasteiger partial charge on any atom is -0.467 e. The van der Waals surface area contributed by atoms with Gasteiger partial charge in [0.15, 0.2) is 5.82 Å². The number of nitrogens with one attached hydrogen (secondary N) is 1. The summed E-state index contributed by atoms with van der Waals surface area (Å²) in [6.07, 6.45) is 4.96. The van der Waals surface area contributed by atoms with Gasteiger partial charge in [0.1, 0.15) is 12.3 Å². The number of amides is 1. The molecule has 3 heterocycles. The quantitative estimate of drug-likeness (QED) is 0.749. The van der Waals surface area contributed by atoms with E-state index in [-0.39, 0.29) is 12.4 Å². The van der Waals surface area contributed by atoms with Gasteiger partial charge in [0.2, 0.25) is 0 Å². The predicted octanol–water partition coefficient (Wildman–Crippen LogP) is 1.60. The molecular formula is C12H10BrN5O3. The fraction of sp³-hybridized carbons (Fsp3) is 0.167. The highest BCUT2D eigenvalue weighted by molar-refractivity contribution is 9.10. The van der Waals surface area contributed by atoms with Gasteiger partial charge in [-0.05, 0) is 28.1 Å². The van der Waals surface area contributed by atoms with Crippen LogP contribution in [0.25, 0.3) is 0 Å². The van der Waals surface area contributed by atoms with Crippen molar-refractivity contribution in [2.75, 3.05) is 0 Å². The topological polar surface area (TPSA) is 99.0 Å². The summed E-state index contributed by atoms with van der Waals surface area (Å²) in [6, 6.07) is 3.50. The fourth-order valence-electron chi connectivity index (χ4n) is 1.64. The van der Waals surface area contributed by atoms with Crippen molar-refractivity contribution >= 4 is 21.8 Å². The summed E-state index contributed by atoms with van der Waals surface area (Å²) in [7, 11) is 0. The van der Waals surface area contributed by atoms with Crippen LogP contribution in [-0.2, 0) is 13.1 Å². The van der Waals surface area contributed by atoms with Gasteiger partial charge in [-0.2, -0.15) is 10.1 Å². The van der Waals surface area contributed by atoms with Gasteiger partial charge < -0.3 is 14.3 Å². The maximum atomic E-state index is 11.8. The maximum absolute atomic E-state index is 11.8. The highest BCUT2D eigenvalue weighted by Crippen LogP contribution is 2.08. The van der Waals surface area contributed by atoms with Crippen molar-refractivity contribution in [1.29, 1.82) is 0 Å². The molecule has 0 bridgehead atoms. The summed E-state index contributed by atoms with van der Waals surface area (Å²) in [5.41, 5.74) is 0. The Morgan fingerprint density at radius 1 is 1.48 bits per heavy atom.